The zero-order valence-electron chi connectivity index (χ0n) is 9.27. The molecular weight excluding hydrogens is 314 g/mol. The highest BCUT2D eigenvalue weighted by molar-refractivity contribution is 6.51. The lowest BCUT2D eigenvalue weighted by atomic mass is 10.0. The topological polar surface area (TPSA) is 38.9 Å². The molecule has 0 aliphatic heterocycles. The Morgan fingerprint density at radius 3 is 2.28 bits per heavy atom. The maximum absolute atomic E-state index is 6.19. The lowest BCUT2D eigenvalue weighted by molar-refractivity contribution is 1.21. The van der Waals surface area contributed by atoms with Gasteiger partial charge in [-0.05, 0) is 25.1 Å². The molecule has 1 heterocycles. The van der Waals surface area contributed by atoms with E-state index in [0.717, 1.165) is 11.3 Å². The van der Waals surface area contributed by atoms with Crippen molar-refractivity contribution in [1.29, 1.82) is 0 Å². The number of aryl methyl sites for hydroxylation is 1. The molecule has 2 nitrogen and oxygen atoms in total. The number of halogens is 4. The number of rotatable bonds is 1. The molecule has 0 saturated heterocycles. The van der Waals surface area contributed by atoms with Crippen molar-refractivity contribution in [2.24, 2.45) is 0 Å². The highest BCUT2D eigenvalue weighted by Crippen LogP contribution is 2.43. The number of nitrogens with two attached hydrogens (primary N) is 1. The molecule has 1 aromatic carbocycles. The van der Waals surface area contributed by atoms with Crippen molar-refractivity contribution in [1.82, 2.24) is 4.98 Å². The number of anilines is 1. The van der Waals surface area contributed by atoms with Gasteiger partial charge in [0.2, 0.25) is 0 Å². The molecule has 0 amide bonds. The van der Waals surface area contributed by atoms with Crippen molar-refractivity contribution in [3.63, 3.8) is 0 Å². The Kier molecular flexibility index (Phi) is 3.93. The summed E-state index contributed by atoms with van der Waals surface area (Å²) in [7, 11) is 0. The first kappa shape index (κ1) is 13.8. The fourth-order valence-electron chi connectivity index (χ4n) is 1.66. The van der Waals surface area contributed by atoms with Gasteiger partial charge in [-0.25, -0.2) is 4.98 Å². The summed E-state index contributed by atoms with van der Waals surface area (Å²) in [5.74, 6) is 0.434. The first-order chi connectivity index (χ1) is 8.41. The first-order valence-corrected chi connectivity index (χ1v) is 6.49. The van der Waals surface area contributed by atoms with Crippen molar-refractivity contribution < 1.29 is 0 Å². The van der Waals surface area contributed by atoms with Crippen molar-refractivity contribution in [3.05, 3.63) is 44.0 Å². The summed E-state index contributed by atoms with van der Waals surface area (Å²) in [6, 6.07) is 5.04. The van der Waals surface area contributed by atoms with Gasteiger partial charge in [0, 0.05) is 16.8 Å². The number of hydrogen-bond acceptors (Lipinski definition) is 2. The Morgan fingerprint density at radius 2 is 1.67 bits per heavy atom. The second-order valence-corrected chi connectivity index (χ2v) is 5.28. The maximum atomic E-state index is 6.19. The van der Waals surface area contributed by atoms with E-state index in [1.54, 1.807) is 18.2 Å². The fourth-order valence-corrected chi connectivity index (χ4v) is 2.77. The van der Waals surface area contributed by atoms with E-state index < -0.39 is 0 Å². The molecule has 0 aliphatic rings. The monoisotopic (exact) mass is 320 g/mol. The molecule has 2 N–H and O–H groups in total. The zero-order chi connectivity index (χ0) is 13.4. The second kappa shape index (κ2) is 5.14. The van der Waals surface area contributed by atoms with Crippen molar-refractivity contribution in [2.75, 3.05) is 5.73 Å². The van der Waals surface area contributed by atoms with Crippen molar-refractivity contribution in [3.8, 4) is 11.1 Å². The molecule has 18 heavy (non-hydrogen) atoms. The molecule has 2 rings (SSSR count). The van der Waals surface area contributed by atoms with Gasteiger partial charge in [-0.3, -0.25) is 0 Å². The average molecular weight is 322 g/mol. The van der Waals surface area contributed by atoms with E-state index in [4.69, 9.17) is 52.1 Å². The normalized spacial score (nSPS) is 10.7. The molecule has 94 valence electrons. The third-order valence-electron chi connectivity index (χ3n) is 2.49. The molecule has 0 fully saturated rings. The van der Waals surface area contributed by atoms with Crippen LogP contribution in [0.25, 0.3) is 11.1 Å². The predicted octanol–water partition coefficient (Wildman–Crippen LogP) is 5.25. The maximum Gasteiger partial charge on any atom is 0.123 e. The Balaban J connectivity index is 2.75. The van der Waals surface area contributed by atoms with Gasteiger partial charge in [0.05, 0.1) is 20.1 Å². The van der Waals surface area contributed by atoms with E-state index in [9.17, 15) is 0 Å². The minimum Gasteiger partial charge on any atom is -0.384 e. The largest absolute Gasteiger partial charge is 0.384 e. The van der Waals surface area contributed by atoms with Gasteiger partial charge < -0.3 is 5.73 Å². The molecular formula is C12H8Cl4N2. The molecule has 0 radical (unpaired) electrons. The highest BCUT2D eigenvalue weighted by Gasteiger charge is 2.17. The van der Waals surface area contributed by atoms with Crippen LogP contribution in [0.5, 0.6) is 0 Å². The quantitative estimate of drug-likeness (QED) is 0.575. The van der Waals surface area contributed by atoms with E-state index in [2.05, 4.69) is 4.98 Å². The van der Waals surface area contributed by atoms with Crippen LogP contribution >= 0.6 is 46.4 Å². The molecule has 0 unspecified atom stereocenters. The molecule has 1 aromatic heterocycles. The number of aromatic nitrogens is 1. The minimum atomic E-state index is 0.272. The van der Waals surface area contributed by atoms with Gasteiger partial charge in [-0.15, -0.1) is 0 Å². The van der Waals surface area contributed by atoms with Crippen LogP contribution in [-0.2, 0) is 0 Å². The molecule has 2 aromatic rings. The highest BCUT2D eigenvalue weighted by atomic mass is 35.5. The fraction of sp³-hybridized carbons (Fsp3) is 0.0833. The van der Waals surface area contributed by atoms with E-state index in [-0.39, 0.29) is 5.02 Å². The standard InChI is InChI=1S/C12H8Cl4N2/c1-5-6(2-3-9(17)18-5)10-7(13)4-8(14)11(15)12(10)16/h2-4H,1H3,(H2,17,18). The van der Waals surface area contributed by atoms with Gasteiger partial charge in [-0.1, -0.05) is 46.4 Å². The lowest BCUT2D eigenvalue weighted by Gasteiger charge is -2.12. The summed E-state index contributed by atoms with van der Waals surface area (Å²) in [6.07, 6.45) is 0. The van der Waals surface area contributed by atoms with Crippen LogP contribution in [0.2, 0.25) is 20.1 Å². The molecule has 6 heteroatoms. The molecule has 0 atom stereocenters. The van der Waals surface area contributed by atoms with Gasteiger partial charge in [0.1, 0.15) is 5.82 Å². The van der Waals surface area contributed by atoms with Gasteiger partial charge in [-0.2, -0.15) is 0 Å². The Bertz CT molecular complexity index is 626. The van der Waals surface area contributed by atoms with E-state index in [1.165, 1.54) is 0 Å². The van der Waals surface area contributed by atoms with Crippen LogP contribution in [0.4, 0.5) is 5.82 Å². The number of nitrogen functional groups attached to an aromatic ring is 1. The SMILES string of the molecule is Cc1nc(N)ccc1-c1c(Cl)cc(Cl)c(Cl)c1Cl. The average Bonchev–Trinajstić information content (AvgIpc) is 2.29. The summed E-state index contributed by atoms with van der Waals surface area (Å²) in [6.45, 7) is 1.82. The number of benzene rings is 1. The smallest absolute Gasteiger partial charge is 0.123 e. The zero-order valence-corrected chi connectivity index (χ0v) is 12.3. The van der Waals surface area contributed by atoms with Crippen LogP contribution in [-0.4, -0.2) is 4.98 Å². The Labute approximate surface area is 125 Å². The van der Waals surface area contributed by atoms with Crippen LogP contribution in [0.3, 0.4) is 0 Å². The Hall–Kier alpha value is -0.670. The molecule has 0 bridgehead atoms. The summed E-state index contributed by atoms with van der Waals surface area (Å²) >= 11 is 24.3. The number of nitrogens with zero attached hydrogens (tertiary/aromatic N) is 1. The van der Waals surface area contributed by atoms with Crippen LogP contribution < -0.4 is 5.73 Å². The second-order valence-electron chi connectivity index (χ2n) is 3.71. The molecule has 0 saturated carbocycles. The van der Waals surface area contributed by atoms with Crippen molar-refractivity contribution >= 4 is 52.2 Å². The number of pyridine rings is 1. The minimum absolute atomic E-state index is 0.272. The van der Waals surface area contributed by atoms with Gasteiger partial charge >= 0.3 is 0 Å². The third kappa shape index (κ3) is 2.39. The van der Waals surface area contributed by atoms with E-state index >= 15 is 0 Å². The summed E-state index contributed by atoms with van der Waals surface area (Å²) in [4.78, 5) is 4.17. The first-order valence-electron chi connectivity index (χ1n) is 4.98. The Morgan fingerprint density at radius 1 is 1.00 bits per heavy atom. The molecule has 0 spiro atoms. The summed E-state index contributed by atoms with van der Waals surface area (Å²) in [5.41, 5.74) is 7.72. The van der Waals surface area contributed by atoms with Gasteiger partial charge in [0.25, 0.3) is 0 Å². The lowest BCUT2D eigenvalue weighted by Crippen LogP contribution is -1.95. The van der Waals surface area contributed by atoms with Crippen molar-refractivity contribution in [2.45, 2.75) is 6.92 Å². The van der Waals surface area contributed by atoms with Crippen LogP contribution in [0.1, 0.15) is 5.69 Å². The number of hydrogen-bond donors (Lipinski definition) is 1. The van der Waals surface area contributed by atoms with E-state index in [1.807, 2.05) is 6.92 Å². The third-order valence-corrected chi connectivity index (χ3v) is 4.05. The van der Waals surface area contributed by atoms with Crippen LogP contribution in [0.15, 0.2) is 18.2 Å². The summed E-state index contributed by atoms with van der Waals surface area (Å²) in [5, 5.41) is 1.32. The summed E-state index contributed by atoms with van der Waals surface area (Å²) < 4.78 is 0. The predicted molar refractivity (Wildman–Crippen MR) is 78.9 cm³/mol. The van der Waals surface area contributed by atoms with Crippen LogP contribution in [0, 0.1) is 6.92 Å². The van der Waals surface area contributed by atoms with E-state index in [0.29, 0.717) is 26.4 Å². The van der Waals surface area contributed by atoms with Gasteiger partial charge in [0.15, 0.2) is 0 Å². The molecule has 0 aliphatic carbocycles.